The second kappa shape index (κ2) is 5.90. The molecule has 1 fully saturated rings. The van der Waals surface area contributed by atoms with E-state index in [-0.39, 0.29) is 18.1 Å². The summed E-state index contributed by atoms with van der Waals surface area (Å²) in [6, 6.07) is 1.92. The lowest BCUT2D eigenvalue weighted by Crippen LogP contribution is -2.49. The highest BCUT2D eigenvalue weighted by Gasteiger charge is 2.29. The summed E-state index contributed by atoms with van der Waals surface area (Å²) in [6.45, 7) is 5.15. The van der Waals surface area contributed by atoms with Gasteiger partial charge in [-0.25, -0.2) is 0 Å². The Morgan fingerprint density at radius 1 is 1.67 bits per heavy atom. The first-order valence-electron chi connectivity index (χ1n) is 5.78. The van der Waals surface area contributed by atoms with Gasteiger partial charge >= 0.3 is 0 Å². The van der Waals surface area contributed by atoms with Crippen LogP contribution in [0.1, 0.15) is 22.2 Å². The zero-order valence-corrected chi connectivity index (χ0v) is 13.4. The molecule has 1 saturated heterocycles. The zero-order valence-electron chi connectivity index (χ0n) is 10.3. The number of ether oxygens (including phenoxy) is 1. The van der Waals surface area contributed by atoms with Gasteiger partial charge in [-0.2, -0.15) is 0 Å². The average molecular weight is 353 g/mol. The van der Waals surface area contributed by atoms with Gasteiger partial charge in [-0.1, -0.05) is 0 Å². The summed E-state index contributed by atoms with van der Waals surface area (Å²) in [5, 5.41) is 0. The first-order valence-corrected chi connectivity index (χ1v) is 7.92. The summed E-state index contributed by atoms with van der Waals surface area (Å²) in [7, 11) is 0. The van der Waals surface area contributed by atoms with Crippen LogP contribution in [0.4, 0.5) is 0 Å². The Hall–Kier alpha value is -0.100. The van der Waals surface area contributed by atoms with Crippen LogP contribution in [0.3, 0.4) is 0 Å². The third-order valence-corrected chi connectivity index (χ3v) is 5.32. The summed E-state index contributed by atoms with van der Waals surface area (Å²) in [6.07, 6.45) is -0.0279. The molecular weight excluding hydrogens is 338 g/mol. The maximum Gasteiger partial charge on any atom is 0.264 e. The molecular formula is C12H15BrClNO2S. The molecule has 0 aliphatic carbocycles. The van der Waals surface area contributed by atoms with Crippen molar-refractivity contribution in [3.63, 3.8) is 0 Å². The Bertz CT molecular complexity index is 432. The number of morpholine rings is 1. The molecule has 1 aromatic rings. The largest absolute Gasteiger partial charge is 0.370 e. The molecule has 2 rings (SSSR count). The summed E-state index contributed by atoms with van der Waals surface area (Å²) in [5.74, 6) is 0.487. The smallest absolute Gasteiger partial charge is 0.264 e. The van der Waals surface area contributed by atoms with Crippen LogP contribution in [0, 0.1) is 6.92 Å². The van der Waals surface area contributed by atoms with E-state index in [1.165, 1.54) is 11.3 Å². The van der Waals surface area contributed by atoms with Gasteiger partial charge in [0.25, 0.3) is 5.91 Å². The van der Waals surface area contributed by atoms with E-state index in [0.717, 1.165) is 14.2 Å². The van der Waals surface area contributed by atoms with Gasteiger partial charge in [-0.3, -0.25) is 4.79 Å². The van der Waals surface area contributed by atoms with Crippen molar-refractivity contribution in [3.05, 3.63) is 20.3 Å². The molecule has 1 aliphatic rings. The summed E-state index contributed by atoms with van der Waals surface area (Å²) in [5.41, 5.74) is 1.10. The normalized spacial score (nSPS) is 24.3. The van der Waals surface area contributed by atoms with Crippen LogP contribution < -0.4 is 0 Å². The lowest BCUT2D eigenvalue weighted by atomic mass is 10.2. The molecule has 0 radical (unpaired) electrons. The SMILES string of the molecule is Cc1cc(C(=O)N2CC(C)OC(CCl)C2)sc1Br. The summed E-state index contributed by atoms with van der Waals surface area (Å²) >= 11 is 10.7. The molecule has 6 heteroatoms. The molecule has 0 saturated carbocycles. The second-order valence-corrected chi connectivity index (χ2v) is 7.18. The Morgan fingerprint density at radius 3 is 2.94 bits per heavy atom. The molecule has 3 nitrogen and oxygen atoms in total. The van der Waals surface area contributed by atoms with Crippen molar-refractivity contribution in [2.24, 2.45) is 0 Å². The molecule has 18 heavy (non-hydrogen) atoms. The van der Waals surface area contributed by atoms with Crippen molar-refractivity contribution in [2.75, 3.05) is 19.0 Å². The van der Waals surface area contributed by atoms with E-state index >= 15 is 0 Å². The third-order valence-electron chi connectivity index (χ3n) is 2.85. The lowest BCUT2D eigenvalue weighted by molar-refractivity contribution is -0.0569. The molecule has 2 atom stereocenters. The standard InChI is InChI=1S/C12H15BrClNO2S/c1-7-3-10(18-11(7)13)12(16)15-5-8(2)17-9(4-14)6-15/h3,8-9H,4-6H2,1-2H3. The molecule has 2 unspecified atom stereocenters. The summed E-state index contributed by atoms with van der Waals surface area (Å²) in [4.78, 5) is 15.0. The number of thiophene rings is 1. The molecule has 1 aromatic heterocycles. The third kappa shape index (κ3) is 3.07. The first kappa shape index (κ1) is 14.3. The van der Waals surface area contributed by atoms with Crippen LogP contribution in [0.5, 0.6) is 0 Å². The zero-order chi connectivity index (χ0) is 13.3. The highest BCUT2D eigenvalue weighted by Crippen LogP contribution is 2.29. The highest BCUT2D eigenvalue weighted by atomic mass is 79.9. The van der Waals surface area contributed by atoms with Crippen molar-refractivity contribution in [1.82, 2.24) is 4.90 Å². The maximum absolute atomic E-state index is 12.4. The van der Waals surface area contributed by atoms with Crippen LogP contribution in [0.15, 0.2) is 9.85 Å². The number of alkyl halides is 1. The predicted octanol–water partition coefficient (Wildman–Crippen LogP) is 3.29. The van der Waals surface area contributed by atoms with Gasteiger partial charge in [-0.05, 0) is 41.4 Å². The van der Waals surface area contributed by atoms with E-state index < -0.39 is 0 Å². The molecule has 1 amide bonds. The average Bonchev–Trinajstić information content (AvgIpc) is 2.68. The fourth-order valence-corrected chi connectivity index (χ4v) is 3.69. The van der Waals surface area contributed by atoms with Crippen molar-refractivity contribution in [1.29, 1.82) is 0 Å². The highest BCUT2D eigenvalue weighted by molar-refractivity contribution is 9.11. The van der Waals surface area contributed by atoms with Crippen molar-refractivity contribution >= 4 is 44.8 Å². The minimum Gasteiger partial charge on any atom is -0.370 e. The van der Waals surface area contributed by atoms with Crippen molar-refractivity contribution in [2.45, 2.75) is 26.1 Å². The minimum absolute atomic E-state index is 0.0379. The van der Waals surface area contributed by atoms with Crippen LogP contribution in [0.25, 0.3) is 0 Å². The lowest BCUT2D eigenvalue weighted by Gasteiger charge is -2.35. The van der Waals surface area contributed by atoms with Crippen LogP contribution in [-0.2, 0) is 4.74 Å². The Labute approximate surface area is 124 Å². The predicted molar refractivity (Wildman–Crippen MR) is 77.7 cm³/mol. The van der Waals surface area contributed by atoms with E-state index in [1.54, 1.807) is 0 Å². The number of nitrogens with zero attached hydrogens (tertiary/aromatic N) is 1. The molecule has 100 valence electrons. The molecule has 0 bridgehead atoms. The van der Waals surface area contributed by atoms with Crippen molar-refractivity contribution in [3.8, 4) is 0 Å². The second-order valence-electron chi connectivity index (χ2n) is 4.50. The van der Waals surface area contributed by atoms with Gasteiger partial charge in [-0.15, -0.1) is 22.9 Å². The first-order chi connectivity index (χ1) is 8.51. The quantitative estimate of drug-likeness (QED) is 0.764. The van der Waals surface area contributed by atoms with Crippen LogP contribution in [0.2, 0.25) is 0 Å². The van der Waals surface area contributed by atoms with Gasteiger partial charge in [0.2, 0.25) is 0 Å². The number of aryl methyl sites for hydroxylation is 1. The maximum atomic E-state index is 12.4. The molecule has 2 heterocycles. The van der Waals surface area contributed by atoms with Crippen molar-refractivity contribution < 1.29 is 9.53 Å². The molecule has 1 aliphatic heterocycles. The number of rotatable bonds is 2. The van der Waals surface area contributed by atoms with E-state index in [2.05, 4.69) is 15.9 Å². The number of amides is 1. The number of hydrogen-bond donors (Lipinski definition) is 0. The van der Waals surface area contributed by atoms with E-state index in [0.29, 0.717) is 19.0 Å². The van der Waals surface area contributed by atoms with Crippen LogP contribution >= 0.6 is 38.9 Å². The topological polar surface area (TPSA) is 29.5 Å². The monoisotopic (exact) mass is 351 g/mol. The fourth-order valence-electron chi connectivity index (χ4n) is 2.02. The number of halogens is 2. The van der Waals surface area contributed by atoms with Gasteiger partial charge < -0.3 is 9.64 Å². The fraction of sp³-hybridized carbons (Fsp3) is 0.583. The van der Waals surface area contributed by atoms with Gasteiger partial charge in [0, 0.05) is 13.1 Å². The van der Waals surface area contributed by atoms with Gasteiger partial charge in [0.1, 0.15) is 0 Å². The Kier molecular flexibility index (Phi) is 4.69. The van der Waals surface area contributed by atoms with E-state index in [4.69, 9.17) is 16.3 Å². The Morgan fingerprint density at radius 2 is 2.39 bits per heavy atom. The van der Waals surface area contributed by atoms with E-state index in [1.807, 2.05) is 24.8 Å². The van der Waals surface area contributed by atoms with Crippen LogP contribution in [-0.4, -0.2) is 42.0 Å². The molecule has 0 aromatic carbocycles. The summed E-state index contributed by atoms with van der Waals surface area (Å²) < 4.78 is 6.66. The molecule has 0 spiro atoms. The minimum atomic E-state index is -0.0659. The number of hydrogen-bond acceptors (Lipinski definition) is 3. The van der Waals surface area contributed by atoms with E-state index in [9.17, 15) is 4.79 Å². The number of carbonyl (C=O) groups is 1. The molecule has 0 N–H and O–H groups in total. The Balaban J connectivity index is 2.13. The van der Waals surface area contributed by atoms with Gasteiger partial charge in [0.05, 0.1) is 26.8 Å². The van der Waals surface area contributed by atoms with Gasteiger partial charge in [0.15, 0.2) is 0 Å². The number of carbonyl (C=O) groups excluding carboxylic acids is 1.